The summed E-state index contributed by atoms with van der Waals surface area (Å²) in [7, 11) is 2.73. The average molecular weight is 200 g/mol. The number of aliphatic hydroxyl groups is 1. The van der Waals surface area contributed by atoms with Gasteiger partial charge in [0.25, 0.3) is 0 Å². The van der Waals surface area contributed by atoms with Crippen LogP contribution in [0, 0.1) is 0 Å². The number of furan rings is 1. The van der Waals surface area contributed by atoms with Crippen LogP contribution in [0.3, 0.4) is 0 Å². The summed E-state index contributed by atoms with van der Waals surface area (Å²) < 4.78 is 14.3. The fraction of sp³-hybridized carbons (Fsp3) is 0.444. The standard InChI is InChI=1S/C9H12O5/c1-12-5-6-3-4-7(14-6)8(10)9(11)13-2/h3-4,8,10H,5H2,1-2H3. The second-order valence-corrected chi connectivity index (χ2v) is 2.66. The van der Waals surface area contributed by atoms with Gasteiger partial charge < -0.3 is 19.0 Å². The lowest BCUT2D eigenvalue weighted by Gasteiger charge is -2.04. The van der Waals surface area contributed by atoms with Crippen LogP contribution < -0.4 is 0 Å². The molecule has 0 saturated carbocycles. The van der Waals surface area contributed by atoms with Gasteiger partial charge in [0, 0.05) is 7.11 Å². The van der Waals surface area contributed by atoms with Crippen molar-refractivity contribution in [3.05, 3.63) is 23.7 Å². The Labute approximate surface area is 81.2 Å². The van der Waals surface area contributed by atoms with E-state index in [-0.39, 0.29) is 5.76 Å². The second-order valence-electron chi connectivity index (χ2n) is 2.66. The first-order valence-corrected chi connectivity index (χ1v) is 4.02. The third-order valence-corrected chi connectivity index (χ3v) is 1.66. The quantitative estimate of drug-likeness (QED) is 0.722. The Morgan fingerprint density at radius 3 is 2.86 bits per heavy atom. The summed E-state index contributed by atoms with van der Waals surface area (Å²) >= 11 is 0. The van der Waals surface area contributed by atoms with Crippen molar-refractivity contribution in [3.63, 3.8) is 0 Å². The van der Waals surface area contributed by atoms with E-state index in [2.05, 4.69) is 4.74 Å². The first-order valence-electron chi connectivity index (χ1n) is 4.02. The van der Waals surface area contributed by atoms with E-state index in [9.17, 15) is 9.90 Å². The Morgan fingerprint density at radius 1 is 1.57 bits per heavy atom. The molecule has 5 nitrogen and oxygen atoms in total. The molecule has 1 heterocycles. The largest absolute Gasteiger partial charge is 0.467 e. The van der Waals surface area contributed by atoms with Crippen molar-refractivity contribution < 1.29 is 23.8 Å². The first-order chi connectivity index (χ1) is 6.69. The Bertz CT molecular complexity index is 304. The van der Waals surface area contributed by atoms with Crippen molar-refractivity contribution in [1.29, 1.82) is 0 Å². The fourth-order valence-corrected chi connectivity index (χ4v) is 0.989. The monoisotopic (exact) mass is 200 g/mol. The van der Waals surface area contributed by atoms with E-state index >= 15 is 0 Å². The predicted molar refractivity (Wildman–Crippen MR) is 46.4 cm³/mol. The third kappa shape index (κ3) is 2.34. The Kier molecular flexibility index (Phi) is 3.67. The molecule has 0 aliphatic rings. The van der Waals surface area contributed by atoms with Crippen LogP contribution in [0.5, 0.6) is 0 Å². The summed E-state index contributed by atoms with van der Waals surface area (Å²) in [6, 6.07) is 3.14. The normalized spacial score (nSPS) is 12.5. The molecule has 0 saturated heterocycles. The van der Waals surface area contributed by atoms with Crippen LogP contribution in [0.4, 0.5) is 0 Å². The van der Waals surface area contributed by atoms with Gasteiger partial charge in [0.05, 0.1) is 7.11 Å². The van der Waals surface area contributed by atoms with E-state index in [1.54, 1.807) is 6.07 Å². The maximum absolute atomic E-state index is 10.9. The highest BCUT2D eigenvalue weighted by Gasteiger charge is 2.21. The van der Waals surface area contributed by atoms with Crippen molar-refractivity contribution in [2.75, 3.05) is 14.2 Å². The van der Waals surface area contributed by atoms with E-state index in [0.717, 1.165) is 0 Å². The second kappa shape index (κ2) is 4.78. The molecule has 5 heteroatoms. The van der Waals surface area contributed by atoms with Crippen molar-refractivity contribution in [3.8, 4) is 0 Å². The van der Waals surface area contributed by atoms with Gasteiger partial charge in [-0.25, -0.2) is 4.79 Å². The molecule has 1 atom stereocenters. The molecule has 78 valence electrons. The van der Waals surface area contributed by atoms with Gasteiger partial charge in [-0.15, -0.1) is 0 Å². The summed E-state index contributed by atoms with van der Waals surface area (Å²) in [4.78, 5) is 10.9. The number of rotatable bonds is 4. The summed E-state index contributed by atoms with van der Waals surface area (Å²) in [5, 5.41) is 9.36. The lowest BCUT2D eigenvalue weighted by atomic mass is 10.3. The molecule has 0 fully saturated rings. The van der Waals surface area contributed by atoms with Gasteiger partial charge in [0.2, 0.25) is 6.10 Å². The van der Waals surface area contributed by atoms with Gasteiger partial charge >= 0.3 is 5.97 Å². The van der Waals surface area contributed by atoms with E-state index in [1.165, 1.54) is 20.3 Å². The highest BCUT2D eigenvalue weighted by Crippen LogP contribution is 2.17. The molecular weight excluding hydrogens is 188 g/mol. The summed E-state index contributed by atoms with van der Waals surface area (Å²) in [5.41, 5.74) is 0. The molecule has 1 aromatic rings. The van der Waals surface area contributed by atoms with Crippen molar-refractivity contribution in [1.82, 2.24) is 0 Å². The van der Waals surface area contributed by atoms with Gasteiger partial charge in [0.15, 0.2) is 0 Å². The lowest BCUT2D eigenvalue weighted by molar-refractivity contribution is -0.151. The molecule has 0 spiro atoms. The zero-order valence-corrected chi connectivity index (χ0v) is 8.02. The molecule has 0 aliphatic heterocycles. The molecule has 14 heavy (non-hydrogen) atoms. The van der Waals surface area contributed by atoms with Gasteiger partial charge in [0.1, 0.15) is 18.1 Å². The predicted octanol–water partition coefficient (Wildman–Crippen LogP) is 0.632. The molecule has 0 amide bonds. The molecule has 0 bridgehead atoms. The summed E-state index contributed by atoms with van der Waals surface area (Å²) in [6.45, 7) is 0.299. The highest BCUT2D eigenvalue weighted by atomic mass is 16.5. The van der Waals surface area contributed by atoms with Gasteiger partial charge in [-0.3, -0.25) is 0 Å². The SMILES string of the molecule is COCc1ccc(C(O)C(=O)OC)o1. The number of carbonyl (C=O) groups is 1. The Hall–Kier alpha value is -1.33. The molecule has 0 aromatic carbocycles. The maximum Gasteiger partial charge on any atom is 0.342 e. The number of carbonyl (C=O) groups excluding carboxylic acids is 1. The van der Waals surface area contributed by atoms with Gasteiger partial charge in [-0.1, -0.05) is 0 Å². The maximum atomic E-state index is 10.9. The topological polar surface area (TPSA) is 68.9 Å². The molecular formula is C9H12O5. The van der Waals surface area contributed by atoms with Crippen LogP contribution in [-0.2, 0) is 20.9 Å². The Morgan fingerprint density at radius 2 is 2.29 bits per heavy atom. The minimum absolute atomic E-state index is 0.156. The minimum atomic E-state index is -1.37. The first kappa shape index (κ1) is 10.7. The van der Waals surface area contributed by atoms with E-state index in [4.69, 9.17) is 9.15 Å². The zero-order valence-electron chi connectivity index (χ0n) is 8.02. The number of aliphatic hydroxyl groups excluding tert-OH is 1. The van der Waals surface area contributed by atoms with Gasteiger partial charge in [-0.05, 0) is 12.1 Å². The molecule has 1 aromatic heterocycles. The smallest absolute Gasteiger partial charge is 0.342 e. The third-order valence-electron chi connectivity index (χ3n) is 1.66. The number of esters is 1. The van der Waals surface area contributed by atoms with Crippen LogP contribution in [0.1, 0.15) is 17.6 Å². The number of hydrogen-bond donors (Lipinski definition) is 1. The Balaban J connectivity index is 2.70. The van der Waals surface area contributed by atoms with Crippen LogP contribution in [0.25, 0.3) is 0 Å². The number of methoxy groups -OCH3 is 2. The van der Waals surface area contributed by atoms with Crippen LogP contribution in [0.15, 0.2) is 16.5 Å². The van der Waals surface area contributed by atoms with Crippen molar-refractivity contribution >= 4 is 5.97 Å². The summed E-state index contributed by atoms with van der Waals surface area (Å²) in [5.74, 6) is -0.0438. The summed E-state index contributed by atoms with van der Waals surface area (Å²) in [6.07, 6.45) is -1.37. The zero-order chi connectivity index (χ0) is 10.6. The average Bonchev–Trinajstić information content (AvgIpc) is 2.64. The highest BCUT2D eigenvalue weighted by molar-refractivity contribution is 5.75. The molecule has 1 rings (SSSR count). The number of ether oxygens (including phenoxy) is 2. The molecule has 0 radical (unpaired) electrons. The molecule has 1 N–H and O–H groups in total. The van der Waals surface area contributed by atoms with Crippen LogP contribution >= 0.6 is 0 Å². The van der Waals surface area contributed by atoms with Crippen LogP contribution in [-0.4, -0.2) is 25.3 Å². The van der Waals surface area contributed by atoms with E-state index < -0.39 is 12.1 Å². The minimum Gasteiger partial charge on any atom is -0.467 e. The molecule has 1 unspecified atom stereocenters. The number of hydrogen-bond acceptors (Lipinski definition) is 5. The van der Waals surface area contributed by atoms with Crippen molar-refractivity contribution in [2.45, 2.75) is 12.7 Å². The lowest BCUT2D eigenvalue weighted by Crippen LogP contribution is -2.12. The van der Waals surface area contributed by atoms with Gasteiger partial charge in [-0.2, -0.15) is 0 Å². The van der Waals surface area contributed by atoms with E-state index in [0.29, 0.717) is 12.4 Å². The van der Waals surface area contributed by atoms with Crippen molar-refractivity contribution in [2.24, 2.45) is 0 Å². The van der Waals surface area contributed by atoms with Crippen LogP contribution in [0.2, 0.25) is 0 Å². The van der Waals surface area contributed by atoms with E-state index in [1.807, 2.05) is 0 Å². The molecule has 0 aliphatic carbocycles. The fourth-order valence-electron chi connectivity index (χ4n) is 0.989.